The van der Waals surface area contributed by atoms with Crippen molar-refractivity contribution < 1.29 is 27.4 Å². The summed E-state index contributed by atoms with van der Waals surface area (Å²) in [6.07, 6.45) is -3.25. The molecule has 2 N–H and O–H groups in total. The van der Waals surface area contributed by atoms with Crippen LogP contribution in [0.3, 0.4) is 0 Å². The SMILES string of the molecule is CC(C)c1cccc(Oc2ncccc2NC(=O)Nc2ccc(OC(F)(F)F)cc2)c1. The van der Waals surface area contributed by atoms with Crippen LogP contribution in [0.4, 0.5) is 29.3 Å². The average molecular weight is 431 g/mol. The Morgan fingerprint density at radius 3 is 2.39 bits per heavy atom. The first-order valence-electron chi connectivity index (χ1n) is 9.36. The van der Waals surface area contributed by atoms with E-state index in [1.54, 1.807) is 18.2 Å². The number of ether oxygens (including phenoxy) is 2. The van der Waals surface area contributed by atoms with Gasteiger partial charge in [-0.2, -0.15) is 0 Å². The number of alkyl halides is 3. The van der Waals surface area contributed by atoms with E-state index in [1.165, 1.54) is 18.3 Å². The number of anilines is 2. The minimum absolute atomic E-state index is 0.201. The number of amides is 2. The van der Waals surface area contributed by atoms with E-state index in [0.717, 1.165) is 17.7 Å². The molecule has 3 aromatic rings. The van der Waals surface area contributed by atoms with Crippen molar-refractivity contribution in [3.63, 3.8) is 0 Å². The Kier molecular flexibility index (Phi) is 6.64. The van der Waals surface area contributed by atoms with Crippen molar-refractivity contribution in [3.8, 4) is 17.4 Å². The van der Waals surface area contributed by atoms with Gasteiger partial charge in [-0.25, -0.2) is 9.78 Å². The van der Waals surface area contributed by atoms with Crippen LogP contribution in [0.15, 0.2) is 66.9 Å². The monoisotopic (exact) mass is 431 g/mol. The highest BCUT2D eigenvalue weighted by Gasteiger charge is 2.30. The standard InChI is InChI=1S/C22H20F3N3O3/c1-14(2)15-5-3-6-18(13-15)30-20-19(7-4-12-26-20)28-21(29)27-16-8-10-17(11-9-16)31-22(23,24)25/h3-14H,1-2H3,(H2,27,28,29). The zero-order chi connectivity index (χ0) is 22.4. The van der Waals surface area contributed by atoms with E-state index in [0.29, 0.717) is 17.4 Å². The highest BCUT2D eigenvalue weighted by Crippen LogP contribution is 2.29. The van der Waals surface area contributed by atoms with Crippen molar-refractivity contribution in [3.05, 3.63) is 72.4 Å². The van der Waals surface area contributed by atoms with Crippen LogP contribution in [0.5, 0.6) is 17.4 Å². The Bertz CT molecular complexity index is 1040. The summed E-state index contributed by atoms with van der Waals surface area (Å²) in [5.41, 5.74) is 1.70. The molecule has 0 aliphatic heterocycles. The zero-order valence-corrected chi connectivity index (χ0v) is 16.7. The highest BCUT2D eigenvalue weighted by molar-refractivity contribution is 6.00. The lowest BCUT2D eigenvalue weighted by atomic mass is 10.0. The van der Waals surface area contributed by atoms with Gasteiger partial charge in [0.15, 0.2) is 0 Å². The molecule has 2 aromatic carbocycles. The second kappa shape index (κ2) is 9.38. The zero-order valence-electron chi connectivity index (χ0n) is 16.7. The van der Waals surface area contributed by atoms with E-state index >= 15 is 0 Å². The van der Waals surface area contributed by atoms with Crippen molar-refractivity contribution in [2.24, 2.45) is 0 Å². The topological polar surface area (TPSA) is 72.5 Å². The molecule has 1 heterocycles. The number of hydrogen-bond acceptors (Lipinski definition) is 4. The second-order valence-corrected chi connectivity index (χ2v) is 6.84. The summed E-state index contributed by atoms with van der Waals surface area (Å²) < 4.78 is 46.3. The van der Waals surface area contributed by atoms with Gasteiger partial charge in [0, 0.05) is 11.9 Å². The first kappa shape index (κ1) is 21.9. The molecule has 162 valence electrons. The second-order valence-electron chi connectivity index (χ2n) is 6.84. The number of halogens is 3. The van der Waals surface area contributed by atoms with Gasteiger partial charge in [0.2, 0.25) is 5.88 Å². The number of pyridine rings is 1. The molecule has 0 saturated carbocycles. The number of nitrogens with zero attached hydrogens (tertiary/aromatic N) is 1. The van der Waals surface area contributed by atoms with Crippen LogP contribution in [0.2, 0.25) is 0 Å². The van der Waals surface area contributed by atoms with Crippen LogP contribution in [0, 0.1) is 0 Å². The van der Waals surface area contributed by atoms with E-state index in [-0.39, 0.29) is 17.3 Å². The minimum atomic E-state index is -4.78. The molecule has 0 aliphatic carbocycles. The van der Waals surface area contributed by atoms with E-state index in [9.17, 15) is 18.0 Å². The molecule has 0 atom stereocenters. The summed E-state index contributed by atoms with van der Waals surface area (Å²) in [5, 5.41) is 5.15. The first-order valence-corrected chi connectivity index (χ1v) is 9.36. The van der Waals surface area contributed by atoms with Crippen molar-refractivity contribution in [1.29, 1.82) is 0 Å². The normalized spacial score (nSPS) is 11.2. The predicted molar refractivity (Wildman–Crippen MR) is 111 cm³/mol. The molecule has 6 nitrogen and oxygen atoms in total. The lowest BCUT2D eigenvalue weighted by Gasteiger charge is -2.13. The van der Waals surface area contributed by atoms with Gasteiger partial charge in [0.25, 0.3) is 0 Å². The number of nitrogens with one attached hydrogen (secondary N) is 2. The average Bonchev–Trinajstić information content (AvgIpc) is 2.70. The van der Waals surface area contributed by atoms with E-state index < -0.39 is 12.4 Å². The third-order valence-electron chi connectivity index (χ3n) is 4.10. The molecule has 0 aliphatic rings. The van der Waals surface area contributed by atoms with Crippen LogP contribution >= 0.6 is 0 Å². The van der Waals surface area contributed by atoms with Crippen LogP contribution < -0.4 is 20.1 Å². The summed E-state index contributed by atoms with van der Waals surface area (Å²) in [5.74, 6) is 0.717. The Balaban J connectivity index is 1.66. The van der Waals surface area contributed by atoms with Crippen LogP contribution in [0.1, 0.15) is 25.3 Å². The maximum atomic E-state index is 12.3. The first-order chi connectivity index (χ1) is 14.7. The number of carbonyl (C=O) groups is 1. The molecule has 3 rings (SSSR count). The number of urea groups is 1. The third-order valence-corrected chi connectivity index (χ3v) is 4.10. The molecule has 0 radical (unpaired) electrons. The smallest absolute Gasteiger partial charge is 0.437 e. The lowest BCUT2D eigenvalue weighted by molar-refractivity contribution is -0.274. The van der Waals surface area contributed by atoms with Crippen molar-refractivity contribution in [1.82, 2.24) is 4.98 Å². The third kappa shape index (κ3) is 6.63. The molecule has 9 heteroatoms. The summed E-state index contributed by atoms with van der Waals surface area (Å²) in [6, 6.07) is 15.0. The maximum absolute atomic E-state index is 12.3. The van der Waals surface area contributed by atoms with Gasteiger partial charge in [0.05, 0.1) is 0 Å². The largest absolute Gasteiger partial charge is 0.573 e. The van der Waals surface area contributed by atoms with Crippen molar-refractivity contribution >= 4 is 17.4 Å². The van der Waals surface area contributed by atoms with Crippen LogP contribution in [0.25, 0.3) is 0 Å². The van der Waals surface area contributed by atoms with Crippen LogP contribution in [-0.4, -0.2) is 17.4 Å². The minimum Gasteiger partial charge on any atom is -0.437 e. The fourth-order valence-corrected chi connectivity index (χ4v) is 2.64. The van der Waals surface area contributed by atoms with Gasteiger partial charge in [0.1, 0.15) is 17.2 Å². The number of rotatable bonds is 6. The van der Waals surface area contributed by atoms with Gasteiger partial charge < -0.3 is 20.1 Å². The van der Waals surface area contributed by atoms with Crippen molar-refractivity contribution in [2.75, 3.05) is 10.6 Å². The molecule has 31 heavy (non-hydrogen) atoms. The molecule has 1 aromatic heterocycles. The molecule has 0 bridgehead atoms. The van der Waals surface area contributed by atoms with Gasteiger partial charge in [-0.3, -0.25) is 0 Å². The highest BCUT2D eigenvalue weighted by atomic mass is 19.4. The molecule has 0 saturated heterocycles. The maximum Gasteiger partial charge on any atom is 0.573 e. The Hall–Kier alpha value is -3.75. The number of hydrogen-bond donors (Lipinski definition) is 2. The summed E-state index contributed by atoms with van der Waals surface area (Å²) in [6.45, 7) is 4.14. The van der Waals surface area contributed by atoms with Crippen molar-refractivity contribution in [2.45, 2.75) is 26.1 Å². The summed E-state index contributed by atoms with van der Waals surface area (Å²) in [7, 11) is 0. The molecule has 0 unspecified atom stereocenters. The van der Waals surface area contributed by atoms with E-state index in [1.807, 2.05) is 18.2 Å². The quantitative estimate of drug-likeness (QED) is 0.465. The number of aromatic nitrogens is 1. The lowest BCUT2D eigenvalue weighted by Crippen LogP contribution is -2.20. The molecule has 0 fully saturated rings. The van der Waals surface area contributed by atoms with Gasteiger partial charge in [-0.15, -0.1) is 13.2 Å². The Morgan fingerprint density at radius 2 is 1.71 bits per heavy atom. The predicted octanol–water partition coefficient (Wildman–Crippen LogP) is 6.54. The van der Waals surface area contributed by atoms with E-state index in [2.05, 4.69) is 34.2 Å². The van der Waals surface area contributed by atoms with Gasteiger partial charge >= 0.3 is 12.4 Å². The number of carbonyl (C=O) groups excluding carboxylic acids is 1. The van der Waals surface area contributed by atoms with Gasteiger partial charge in [-0.05, 0) is 60.0 Å². The molecule has 0 spiro atoms. The fraction of sp³-hybridized carbons (Fsp3) is 0.182. The Labute approximate surface area is 177 Å². The Morgan fingerprint density at radius 1 is 0.968 bits per heavy atom. The van der Waals surface area contributed by atoms with Gasteiger partial charge in [-0.1, -0.05) is 26.0 Å². The summed E-state index contributed by atoms with van der Waals surface area (Å²) >= 11 is 0. The van der Waals surface area contributed by atoms with Crippen LogP contribution in [-0.2, 0) is 0 Å². The molecule has 2 amide bonds. The molecular formula is C22H20F3N3O3. The molecular weight excluding hydrogens is 411 g/mol. The number of benzene rings is 2. The van der Waals surface area contributed by atoms with E-state index in [4.69, 9.17) is 4.74 Å². The fourth-order valence-electron chi connectivity index (χ4n) is 2.64. The summed E-state index contributed by atoms with van der Waals surface area (Å²) in [4.78, 5) is 16.5.